The van der Waals surface area contributed by atoms with Crippen LogP contribution in [0.2, 0.25) is 0 Å². The molecule has 0 bridgehead atoms. The maximum atomic E-state index is 11.7. The lowest BCUT2D eigenvalue weighted by Gasteiger charge is -2.32. The van der Waals surface area contributed by atoms with E-state index in [2.05, 4.69) is 5.10 Å². The number of aryl methyl sites for hydroxylation is 1. The molecule has 0 amide bonds. The van der Waals surface area contributed by atoms with Gasteiger partial charge in [0.1, 0.15) is 0 Å². The summed E-state index contributed by atoms with van der Waals surface area (Å²) < 4.78 is 31.3. The lowest BCUT2D eigenvalue weighted by molar-refractivity contribution is 0.0875. The van der Waals surface area contributed by atoms with E-state index in [0.717, 1.165) is 0 Å². The minimum absolute atomic E-state index is 0.150. The van der Waals surface area contributed by atoms with E-state index in [-0.39, 0.29) is 6.04 Å². The average molecular weight is 260 g/mol. The average Bonchev–Trinajstić information content (AvgIpc) is 2.64. The second-order valence-corrected chi connectivity index (χ2v) is 5.48. The number of nitrogens with zero attached hydrogens (tertiary/aromatic N) is 3. The van der Waals surface area contributed by atoms with Crippen LogP contribution in [0.3, 0.4) is 0 Å². The molecule has 96 valence electrons. The zero-order valence-corrected chi connectivity index (χ0v) is 10.4. The summed E-state index contributed by atoms with van der Waals surface area (Å²) >= 11 is 0. The molecule has 1 saturated heterocycles. The summed E-state index contributed by atoms with van der Waals surface area (Å²) in [6.45, 7) is 1.11. The number of aromatic nitrogens is 2. The predicted octanol–water partition coefficient (Wildman–Crippen LogP) is -0.391. The Balaban J connectivity index is 2.31. The molecular formula is C9H16N4O3S. The molecule has 0 atom stereocenters. The van der Waals surface area contributed by atoms with E-state index >= 15 is 0 Å². The Hall–Kier alpha value is -1.12. The van der Waals surface area contributed by atoms with Crippen LogP contribution in [0.4, 0.5) is 5.69 Å². The molecule has 0 aromatic carbocycles. The number of rotatable bonds is 3. The number of anilines is 1. The first-order valence-corrected chi connectivity index (χ1v) is 6.87. The maximum Gasteiger partial charge on any atom is 0.299 e. The highest BCUT2D eigenvalue weighted by atomic mass is 32.2. The van der Waals surface area contributed by atoms with Crippen molar-refractivity contribution in [2.45, 2.75) is 18.9 Å². The quantitative estimate of drug-likeness (QED) is 0.801. The van der Waals surface area contributed by atoms with Crippen molar-refractivity contribution in [3.63, 3.8) is 0 Å². The largest absolute Gasteiger partial charge is 0.381 e. The van der Waals surface area contributed by atoms with Crippen molar-refractivity contribution in [1.29, 1.82) is 0 Å². The molecule has 2 rings (SSSR count). The second-order valence-electron chi connectivity index (χ2n) is 4.06. The molecule has 7 nitrogen and oxygen atoms in total. The highest BCUT2D eigenvalue weighted by Gasteiger charge is 2.30. The Morgan fingerprint density at radius 1 is 1.53 bits per heavy atom. The summed E-state index contributed by atoms with van der Waals surface area (Å²) in [7, 11) is -2.05. The normalized spacial score (nSPS) is 18.2. The Morgan fingerprint density at radius 2 is 2.18 bits per heavy atom. The van der Waals surface area contributed by atoms with Crippen LogP contribution >= 0.6 is 0 Å². The Bertz CT molecular complexity index is 478. The van der Waals surface area contributed by atoms with Gasteiger partial charge in [0.25, 0.3) is 10.2 Å². The SMILES string of the molecule is Cn1cc(N(C2CCOCC2)S(N)(=O)=O)cn1. The third-order valence-electron chi connectivity index (χ3n) is 2.74. The van der Waals surface area contributed by atoms with Gasteiger partial charge < -0.3 is 4.74 Å². The van der Waals surface area contributed by atoms with E-state index in [1.807, 2.05) is 0 Å². The van der Waals surface area contributed by atoms with Gasteiger partial charge in [0, 0.05) is 26.5 Å². The molecular weight excluding hydrogens is 244 g/mol. The summed E-state index contributed by atoms with van der Waals surface area (Å²) in [5.41, 5.74) is 0.502. The van der Waals surface area contributed by atoms with Crippen molar-refractivity contribution in [3.05, 3.63) is 12.4 Å². The molecule has 0 saturated carbocycles. The van der Waals surface area contributed by atoms with Crippen LogP contribution in [0.5, 0.6) is 0 Å². The van der Waals surface area contributed by atoms with Crippen LogP contribution in [0, 0.1) is 0 Å². The standard InChI is InChI=1S/C9H16N4O3S/c1-12-7-9(6-11-12)13(17(10,14)15)8-2-4-16-5-3-8/h6-8H,2-5H2,1H3,(H2,10,14,15). The molecule has 1 aliphatic heterocycles. The summed E-state index contributed by atoms with van der Waals surface area (Å²) in [6.07, 6.45) is 4.43. The predicted molar refractivity (Wildman–Crippen MR) is 62.6 cm³/mol. The van der Waals surface area contributed by atoms with Crippen LogP contribution in [0.15, 0.2) is 12.4 Å². The first-order chi connectivity index (χ1) is 7.98. The third kappa shape index (κ3) is 2.76. The van der Waals surface area contributed by atoms with E-state index in [4.69, 9.17) is 9.88 Å². The fourth-order valence-electron chi connectivity index (χ4n) is 2.01. The monoisotopic (exact) mass is 260 g/mol. The highest BCUT2D eigenvalue weighted by Crippen LogP contribution is 2.24. The Kier molecular flexibility index (Phi) is 3.36. The van der Waals surface area contributed by atoms with E-state index < -0.39 is 10.2 Å². The van der Waals surface area contributed by atoms with Crippen LogP contribution in [-0.2, 0) is 22.0 Å². The van der Waals surface area contributed by atoms with Gasteiger partial charge in [-0.15, -0.1) is 0 Å². The molecule has 17 heavy (non-hydrogen) atoms. The van der Waals surface area contributed by atoms with Crippen LogP contribution in [0.25, 0.3) is 0 Å². The molecule has 0 unspecified atom stereocenters. The molecule has 0 radical (unpaired) electrons. The van der Waals surface area contributed by atoms with E-state index in [0.29, 0.717) is 31.7 Å². The van der Waals surface area contributed by atoms with Crippen molar-refractivity contribution in [3.8, 4) is 0 Å². The number of ether oxygens (including phenoxy) is 1. The molecule has 0 spiro atoms. The van der Waals surface area contributed by atoms with E-state index in [9.17, 15) is 8.42 Å². The Morgan fingerprint density at radius 3 is 2.65 bits per heavy atom. The first kappa shape index (κ1) is 12.3. The van der Waals surface area contributed by atoms with Gasteiger partial charge in [-0.25, -0.2) is 5.14 Å². The lowest BCUT2D eigenvalue weighted by atomic mass is 10.1. The molecule has 1 aromatic rings. The third-order valence-corrected chi connectivity index (χ3v) is 3.80. The Labute approximate surface area is 100 Å². The van der Waals surface area contributed by atoms with Crippen molar-refractivity contribution >= 4 is 15.9 Å². The molecule has 1 fully saturated rings. The molecule has 1 aromatic heterocycles. The molecule has 0 aliphatic carbocycles. The summed E-state index contributed by atoms with van der Waals surface area (Å²) in [5, 5.41) is 9.24. The van der Waals surface area contributed by atoms with Crippen LogP contribution in [-0.4, -0.2) is 37.5 Å². The van der Waals surface area contributed by atoms with Crippen molar-refractivity contribution < 1.29 is 13.2 Å². The summed E-state index contributed by atoms with van der Waals surface area (Å²) in [6, 6.07) is -0.150. The molecule has 8 heteroatoms. The van der Waals surface area contributed by atoms with Crippen molar-refractivity contribution in [2.75, 3.05) is 17.5 Å². The van der Waals surface area contributed by atoms with Gasteiger partial charge in [0.15, 0.2) is 0 Å². The second kappa shape index (κ2) is 4.63. The van der Waals surface area contributed by atoms with E-state index in [1.165, 1.54) is 10.5 Å². The minimum atomic E-state index is -3.78. The van der Waals surface area contributed by atoms with Gasteiger partial charge in [0.05, 0.1) is 17.9 Å². The fourth-order valence-corrected chi connectivity index (χ4v) is 3.02. The number of hydrogen-bond donors (Lipinski definition) is 1. The van der Waals surface area contributed by atoms with Crippen LogP contribution in [0.1, 0.15) is 12.8 Å². The van der Waals surface area contributed by atoms with Gasteiger partial charge in [0.2, 0.25) is 0 Å². The maximum absolute atomic E-state index is 11.7. The zero-order valence-electron chi connectivity index (χ0n) is 9.61. The molecule has 2 N–H and O–H groups in total. The zero-order chi connectivity index (χ0) is 12.5. The highest BCUT2D eigenvalue weighted by molar-refractivity contribution is 7.90. The van der Waals surface area contributed by atoms with Gasteiger partial charge in [-0.3, -0.25) is 8.99 Å². The lowest BCUT2D eigenvalue weighted by Crippen LogP contribution is -2.46. The smallest absolute Gasteiger partial charge is 0.299 e. The molecule has 2 heterocycles. The van der Waals surface area contributed by atoms with Crippen molar-refractivity contribution in [2.24, 2.45) is 12.2 Å². The van der Waals surface area contributed by atoms with Crippen LogP contribution < -0.4 is 9.44 Å². The topological polar surface area (TPSA) is 90.5 Å². The van der Waals surface area contributed by atoms with Crippen molar-refractivity contribution in [1.82, 2.24) is 9.78 Å². The fraction of sp³-hybridized carbons (Fsp3) is 0.667. The van der Waals surface area contributed by atoms with Gasteiger partial charge in [-0.1, -0.05) is 0 Å². The summed E-state index contributed by atoms with van der Waals surface area (Å²) in [5.74, 6) is 0. The summed E-state index contributed by atoms with van der Waals surface area (Å²) in [4.78, 5) is 0. The van der Waals surface area contributed by atoms with Gasteiger partial charge in [-0.05, 0) is 12.8 Å². The number of hydrogen-bond acceptors (Lipinski definition) is 4. The first-order valence-electron chi connectivity index (χ1n) is 5.37. The minimum Gasteiger partial charge on any atom is -0.381 e. The molecule has 1 aliphatic rings. The van der Waals surface area contributed by atoms with Gasteiger partial charge in [-0.2, -0.15) is 13.5 Å². The van der Waals surface area contributed by atoms with E-state index in [1.54, 1.807) is 17.9 Å². The number of nitrogens with two attached hydrogens (primary N) is 1. The van der Waals surface area contributed by atoms with Gasteiger partial charge >= 0.3 is 0 Å².